The average Bonchev–Trinajstić information content (AvgIpc) is 2.86. The van der Waals surface area contributed by atoms with Gasteiger partial charge in [0, 0.05) is 20.9 Å². The smallest absolute Gasteiger partial charge is 0.194 e. The fourth-order valence-electron chi connectivity index (χ4n) is 1.78. The van der Waals surface area contributed by atoms with Crippen LogP contribution in [0.2, 0.25) is 0 Å². The monoisotopic (exact) mass is 386 g/mol. The Labute approximate surface area is 130 Å². The van der Waals surface area contributed by atoms with Crippen LogP contribution in [0.25, 0.3) is 11.3 Å². The highest BCUT2D eigenvalue weighted by Gasteiger charge is 2.10. The van der Waals surface area contributed by atoms with Crippen molar-refractivity contribution < 1.29 is 4.42 Å². The third-order valence-electron chi connectivity index (χ3n) is 2.74. The Morgan fingerprint density at radius 2 is 2.16 bits per heavy atom. The zero-order chi connectivity index (χ0) is 13.7. The maximum absolute atomic E-state index is 5.80. The lowest BCUT2D eigenvalue weighted by Gasteiger charge is -2.01. The molecular formula is C14H16Br2N2O. The molecule has 5 heteroatoms. The number of rotatable bonds is 6. The highest BCUT2D eigenvalue weighted by Crippen LogP contribution is 2.31. The Morgan fingerprint density at radius 1 is 1.32 bits per heavy atom. The van der Waals surface area contributed by atoms with Crippen LogP contribution in [0, 0.1) is 0 Å². The summed E-state index contributed by atoms with van der Waals surface area (Å²) >= 11 is 7.00. The molecule has 2 aromatic rings. The molecule has 0 bridgehead atoms. The normalized spacial score (nSPS) is 10.9. The highest BCUT2D eigenvalue weighted by molar-refractivity contribution is 9.11. The number of oxazole rings is 1. The summed E-state index contributed by atoms with van der Waals surface area (Å²) in [6.07, 6.45) is 3.68. The van der Waals surface area contributed by atoms with E-state index in [1.165, 1.54) is 0 Å². The van der Waals surface area contributed by atoms with Gasteiger partial charge in [0.2, 0.25) is 0 Å². The molecule has 102 valence electrons. The van der Waals surface area contributed by atoms with E-state index in [9.17, 15) is 0 Å². The molecular weight excluding hydrogens is 372 g/mol. The average molecular weight is 388 g/mol. The predicted molar refractivity (Wildman–Crippen MR) is 84.2 cm³/mol. The summed E-state index contributed by atoms with van der Waals surface area (Å²) < 4.78 is 7.83. The van der Waals surface area contributed by atoms with Crippen molar-refractivity contribution in [1.29, 1.82) is 0 Å². The molecule has 1 heterocycles. The number of hydrogen-bond acceptors (Lipinski definition) is 3. The van der Waals surface area contributed by atoms with Gasteiger partial charge in [0.25, 0.3) is 0 Å². The van der Waals surface area contributed by atoms with Crippen LogP contribution in [0.3, 0.4) is 0 Å². The molecule has 0 saturated carbocycles. The van der Waals surface area contributed by atoms with E-state index >= 15 is 0 Å². The summed E-state index contributed by atoms with van der Waals surface area (Å²) in [6.45, 7) is 4.10. The van der Waals surface area contributed by atoms with E-state index in [0.29, 0.717) is 0 Å². The van der Waals surface area contributed by atoms with Gasteiger partial charge in [-0.25, -0.2) is 4.98 Å². The second-order valence-corrected chi connectivity index (χ2v) is 5.97. The molecule has 0 aliphatic rings. The summed E-state index contributed by atoms with van der Waals surface area (Å²) in [5.41, 5.74) is 1.01. The first-order valence-corrected chi connectivity index (χ1v) is 7.90. The number of nitrogens with one attached hydrogen (secondary N) is 1. The van der Waals surface area contributed by atoms with Gasteiger partial charge in [-0.2, -0.15) is 0 Å². The summed E-state index contributed by atoms with van der Waals surface area (Å²) in [4.78, 5) is 4.33. The second-order valence-electron chi connectivity index (χ2n) is 4.20. The van der Waals surface area contributed by atoms with E-state index in [4.69, 9.17) is 4.42 Å². The minimum atomic E-state index is 0.791. The van der Waals surface area contributed by atoms with Gasteiger partial charge < -0.3 is 9.73 Å². The van der Waals surface area contributed by atoms with E-state index in [0.717, 1.165) is 52.1 Å². The van der Waals surface area contributed by atoms with Crippen molar-refractivity contribution in [2.45, 2.75) is 19.8 Å². The molecule has 1 aromatic carbocycles. The van der Waals surface area contributed by atoms with Crippen LogP contribution in [0.5, 0.6) is 0 Å². The van der Waals surface area contributed by atoms with Gasteiger partial charge in [0.05, 0.1) is 6.20 Å². The molecule has 0 amide bonds. The predicted octanol–water partition coefficient (Wildman–Crippen LogP) is 4.41. The number of benzene rings is 1. The standard InChI is InChI=1S/C14H16Br2N2O/c1-2-17-7-3-4-14-18-9-13(19-14)11-8-10(15)5-6-12(11)16/h5-6,8-9,17H,2-4,7H2,1H3. The van der Waals surface area contributed by atoms with Crippen LogP contribution in [0.15, 0.2) is 37.8 Å². The zero-order valence-corrected chi connectivity index (χ0v) is 13.9. The summed E-state index contributed by atoms with van der Waals surface area (Å²) in [5, 5.41) is 3.29. The summed E-state index contributed by atoms with van der Waals surface area (Å²) in [5.74, 6) is 1.59. The number of halogens is 2. The molecule has 0 fully saturated rings. The molecule has 0 spiro atoms. The van der Waals surface area contributed by atoms with Gasteiger partial charge in [0.1, 0.15) is 0 Å². The fraction of sp³-hybridized carbons (Fsp3) is 0.357. The molecule has 2 rings (SSSR count). The largest absolute Gasteiger partial charge is 0.441 e. The molecule has 0 atom stereocenters. The minimum Gasteiger partial charge on any atom is -0.441 e. The fourth-order valence-corrected chi connectivity index (χ4v) is 2.58. The summed E-state index contributed by atoms with van der Waals surface area (Å²) in [6, 6.07) is 6.00. The molecule has 0 radical (unpaired) electrons. The number of hydrogen-bond donors (Lipinski definition) is 1. The topological polar surface area (TPSA) is 38.1 Å². The van der Waals surface area contributed by atoms with Crippen molar-refractivity contribution in [1.82, 2.24) is 10.3 Å². The highest BCUT2D eigenvalue weighted by atomic mass is 79.9. The number of aryl methyl sites for hydroxylation is 1. The van der Waals surface area contributed by atoms with Crippen molar-refractivity contribution in [3.05, 3.63) is 39.2 Å². The molecule has 0 aliphatic heterocycles. The molecule has 0 aliphatic carbocycles. The van der Waals surface area contributed by atoms with Gasteiger partial charge in [-0.3, -0.25) is 0 Å². The van der Waals surface area contributed by atoms with E-state index in [2.05, 4.69) is 49.1 Å². The SMILES string of the molecule is CCNCCCc1ncc(-c2cc(Br)ccc2Br)o1. The van der Waals surface area contributed by atoms with Gasteiger partial charge in [0.15, 0.2) is 11.7 Å². The van der Waals surface area contributed by atoms with E-state index in [1.54, 1.807) is 6.20 Å². The first-order valence-electron chi connectivity index (χ1n) is 6.31. The van der Waals surface area contributed by atoms with E-state index < -0.39 is 0 Å². The molecule has 0 saturated heterocycles. The Morgan fingerprint density at radius 3 is 2.95 bits per heavy atom. The van der Waals surface area contributed by atoms with Crippen LogP contribution >= 0.6 is 31.9 Å². The van der Waals surface area contributed by atoms with Crippen LogP contribution in [-0.4, -0.2) is 18.1 Å². The van der Waals surface area contributed by atoms with Gasteiger partial charge in [-0.15, -0.1) is 0 Å². The Bertz CT molecular complexity index is 540. The van der Waals surface area contributed by atoms with Crippen molar-refractivity contribution in [3.8, 4) is 11.3 Å². The van der Waals surface area contributed by atoms with Crippen LogP contribution in [-0.2, 0) is 6.42 Å². The Balaban J connectivity index is 2.06. The van der Waals surface area contributed by atoms with Crippen molar-refractivity contribution in [3.63, 3.8) is 0 Å². The van der Waals surface area contributed by atoms with Crippen LogP contribution < -0.4 is 5.32 Å². The number of nitrogens with zero attached hydrogens (tertiary/aromatic N) is 1. The van der Waals surface area contributed by atoms with E-state index in [1.807, 2.05) is 18.2 Å². The zero-order valence-electron chi connectivity index (χ0n) is 10.7. The maximum Gasteiger partial charge on any atom is 0.194 e. The minimum absolute atomic E-state index is 0.791. The van der Waals surface area contributed by atoms with Crippen LogP contribution in [0.4, 0.5) is 0 Å². The lowest BCUT2D eigenvalue weighted by Crippen LogP contribution is -2.14. The molecule has 0 unspecified atom stereocenters. The first kappa shape index (κ1) is 14.8. The van der Waals surface area contributed by atoms with Crippen molar-refractivity contribution in [2.24, 2.45) is 0 Å². The van der Waals surface area contributed by atoms with Gasteiger partial charge in [-0.05, 0) is 37.7 Å². The number of aromatic nitrogens is 1. The summed E-state index contributed by atoms with van der Waals surface area (Å²) in [7, 11) is 0. The second kappa shape index (κ2) is 7.22. The third-order valence-corrected chi connectivity index (χ3v) is 3.93. The first-order chi connectivity index (χ1) is 9.20. The maximum atomic E-state index is 5.80. The lowest BCUT2D eigenvalue weighted by molar-refractivity contribution is 0.493. The van der Waals surface area contributed by atoms with Crippen molar-refractivity contribution in [2.75, 3.05) is 13.1 Å². The molecule has 3 nitrogen and oxygen atoms in total. The molecule has 1 N–H and O–H groups in total. The Kier molecular flexibility index (Phi) is 5.60. The Hall–Kier alpha value is -0.650. The molecule has 19 heavy (non-hydrogen) atoms. The van der Waals surface area contributed by atoms with Gasteiger partial charge in [-0.1, -0.05) is 38.8 Å². The van der Waals surface area contributed by atoms with Crippen LogP contribution in [0.1, 0.15) is 19.2 Å². The third kappa shape index (κ3) is 4.16. The van der Waals surface area contributed by atoms with E-state index in [-0.39, 0.29) is 0 Å². The molecule has 1 aromatic heterocycles. The quantitative estimate of drug-likeness (QED) is 0.746. The van der Waals surface area contributed by atoms with Crippen molar-refractivity contribution >= 4 is 31.9 Å². The lowest BCUT2D eigenvalue weighted by atomic mass is 10.2. The van der Waals surface area contributed by atoms with Gasteiger partial charge >= 0.3 is 0 Å².